The SMILES string of the molecule is O=C(Nc1cc(F)ccc1F)NC1CCOc2ccccc21. The number of ether oxygens (including phenoxy) is 1. The topological polar surface area (TPSA) is 50.4 Å². The molecule has 0 radical (unpaired) electrons. The lowest BCUT2D eigenvalue weighted by atomic mass is 10.0. The molecule has 2 aromatic carbocycles. The zero-order chi connectivity index (χ0) is 15.5. The summed E-state index contributed by atoms with van der Waals surface area (Å²) < 4.78 is 32.1. The number of urea groups is 1. The second kappa shape index (κ2) is 6.01. The highest BCUT2D eigenvalue weighted by molar-refractivity contribution is 5.89. The molecule has 0 saturated carbocycles. The van der Waals surface area contributed by atoms with Crippen molar-refractivity contribution in [1.29, 1.82) is 0 Å². The molecule has 4 nitrogen and oxygen atoms in total. The predicted molar refractivity (Wildman–Crippen MR) is 77.8 cm³/mol. The monoisotopic (exact) mass is 304 g/mol. The number of anilines is 1. The Morgan fingerprint density at radius 1 is 1.18 bits per heavy atom. The Bertz CT molecular complexity index is 706. The van der Waals surface area contributed by atoms with Crippen LogP contribution < -0.4 is 15.4 Å². The summed E-state index contributed by atoms with van der Waals surface area (Å²) in [5, 5.41) is 5.07. The smallest absolute Gasteiger partial charge is 0.319 e. The summed E-state index contributed by atoms with van der Waals surface area (Å²) in [5.41, 5.74) is 0.668. The standard InChI is InChI=1S/C16H14F2N2O2/c17-10-5-6-12(18)14(9-10)20-16(21)19-13-7-8-22-15-4-2-1-3-11(13)15/h1-6,9,13H,7-8H2,(H2,19,20,21). The van der Waals surface area contributed by atoms with Crippen LogP contribution in [0.4, 0.5) is 19.3 Å². The number of para-hydroxylation sites is 1. The van der Waals surface area contributed by atoms with Crippen molar-refractivity contribution in [2.45, 2.75) is 12.5 Å². The molecule has 114 valence electrons. The van der Waals surface area contributed by atoms with E-state index in [1.54, 1.807) is 0 Å². The molecule has 0 fully saturated rings. The Kier molecular flexibility index (Phi) is 3.91. The summed E-state index contributed by atoms with van der Waals surface area (Å²) in [7, 11) is 0. The van der Waals surface area contributed by atoms with Crippen LogP contribution in [0, 0.1) is 11.6 Å². The van der Waals surface area contributed by atoms with Crippen LogP contribution in [-0.4, -0.2) is 12.6 Å². The second-order valence-electron chi connectivity index (χ2n) is 4.95. The molecule has 0 spiro atoms. The van der Waals surface area contributed by atoms with Gasteiger partial charge in [-0.2, -0.15) is 0 Å². The Hall–Kier alpha value is -2.63. The van der Waals surface area contributed by atoms with E-state index in [0.29, 0.717) is 13.0 Å². The quantitative estimate of drug-likeness (QED) is 0.890. The van der Waals surface area contributed by atoms with Crippen molar-refractivity contribution in [3.8, 4) is 5.75 Å². The van der Waals surface area contributed by atoms with E-state index in [2.05, 4.69) is 10.6 Å². The lowest BCUT2D eigenvalue weighted by Gasteiger charge is -2.26. The molecule has 0 aliphatic carbocycles. The van der Waals surface area contributed by atoms with Crippen LogP contribution in [0.25, 0.3) is 0 Å². The summed E-state index contributed by atoms with van der Waals surface area (Å²) in [4.78, 5) is 12.0. The molecule has 6 heteroatoms. The van der Waals surface area contributed by atoms with Gasteiger partial charge in [0.2, 0.25) is 0 Å². The van der Waals surface area contributed by atoms with Gasteiger partial charge in [0.1, 0.15) is 17.4 Å². The molecule has 3 rings (SSSR count). The first-order valence-corrected chi connectivity index (χ1v) is 6.88. The number of benzene rings is 2. The number of halogens is 2. The average molecular weight is 304 g/mol. The third kappa shape index (κ3) is 3.00. The third-order valence-corrected chi connectivity index (χ3v) is 3.44. The van der Waals surface area contributed by atoms with E-state index < -0.39 is 17.7 Å². The maximum Gasteiger partial charge on any atom is 0.319 e. The van der Waals surface area contributed by atoms with Gasteiger partial charge in [0.15, 0.2) is 0 Å². The molecule has 1 heterocycles. The number of fused-ring (bicyclic) bond motifs is 1. The van der Waals surface area contributed by atoms with E-state index >= 15 is 0 Å². The highest BCUT2D eigenvalue weighted by Crippen LogP contribution is 2.31. The molecule has 1 atom stereocenters. The summed E-state index contributed by atoms with van der Waals surface area (Å²) in [6.07, 6.45) is 0.607. The number of hydrogen-bond acceptors (Lipinski definition) is 2. The van der Waals surface area contributed by atoms with Gasteiger partial charge in [-0.05, 0) is 18.2 Å². The van der Waals surface area contributed by atoms with Gasteiger partial charge in [-0.1, -0.05) is 18.2 Å². The minimum absolute atomic E-state index is 0.196. The van der Waals surface area contributed by atoms with Gasteiger partial charge in [-0.3, -0.25) is 0 Å². The zero-order valence-electron chi connectivity index (χ0n) is 11.6. The Morgan fingerprint density at radius 3 is 2.86 bits per heavy atom. The maximum atomic E-state index is 13.5. The summed E-state index contributed by atoms with van der Waals surface area (Å²) in [6.45, 7) is 0.482. The number of carbonyl (C=O) groups excluding carboxylic acids is 1. The van der Waals surface area contributed by atoms with Crippen LogP contribution in [0.3, 0.4) is 0 Å². The van der Waals surface area contributed by atoms with Crippen LogP contribution >= 0.6 is 0 Å². The van der Waals surface area contributed by atoms with Crippen LogP contribution in [-0.2, 0) is 0 Å². The van der Waals surface area contributed by atoms with Gasteiger partial charge in [-0.15, -0.1) is 0 Å². The van der Waals surface area contributed by atoms with Crippen molar-refractivity contribution in [1.82, 2.24) is 5.32 Å². The molecule has 0 aromatic heterocycles. The molecule has 1 aliphatic heterocycles. The van der Waals surface area contributed by atoms with E-state index in [1.807, 2.05) is 24.3 Å². The molecule has 0 saturated heterocycles. The molecule has 1 aliphatic rings. The molecule has 2 aromatic rings. The van der Waals surface area contributed by atoms with Gasteiger partial charge in [-0.25, -0.2) is 13.6 Å². The molecule has 22 heavy (non-hydrogen) atoms. The number of amides is 2. The van der Waals surface area contributed by atoms with Gasteiger partial charge < -0.3 is 15.4 Å². The van der Waals surface area contributed by atoms with Crippen molar-refractivity contribution in [3.63, 3.8) is 0 Å². The highest BCUT2D eigenvalue weighted by atomic mass is 19.1. The van der Waals surface area contributed by atoms with E-state index in [9.17, 15) is 13.6 Å². The Morgan fingerprint density at radius 2 is 2.00 bits per heavy atom. The summed E-state index contributed by atoms with van der Waals surface area (Å²) in [5.74, 6) is -0.590. The minimum atomic E-state index is -0.691. The van der Waals surface area contributed by atoms with Crippen molar-refractivity contribution in [2.75, 3.05) is 11.9 Å². The van der Waals surface area contributed by atoms with Crippen molar-refractivity contribution in [3.05, 3.63) is 59.7 Å². The fourth-order valence-electron chi connectivity index (χ4n) is 2.40. The van der Waals surface area contributed by atoms with Crippen molar-refractivity contribution < 1.29 is 18.3 Å². The molecule has 2 amide bonds. The fourth-order valence-corrected chi connectivity index (χ4v) is 2.40. The first-order chi connectivity index (χ1) is 10.6. The van der Waals surface area contributed by atoms with Gasteiger partial charge in [0.05, 0.1) is 18.3 Å². The van der Waals surface area contributed by atoms with Gasteiger partial charge >= 0.3 is 6.03 Å². The lowest BCUT2D eigenvalue weighted by Crippen LogP contribution is -2.35. The van der Waals surface area contributed by atoms with E-state index in [1.165, 1.54) is 0 Å². The first-order valence-electron chi connectivity index (χ1n) is 6.88. The van der Waals surface area contributed by atoms with E-state index in [4.69, 9.17) is 4.74 Å². The summed E-state index contributed by atoms with van der Waals surface area (Å²) >= 11 is 0. The predicted octanol–water partition coefficient (Wildman–Crippen LogP) is 3.61. The molecular weight excluding hydrogens is 290 g/mol. The average Bonchev–Trinajstić information content (AvgIpc) is 2.51. The number of nitrogens with one attached hydrogen (secondary N) is 2. The van der Waals surface area contributed by atoms with E-state index in [-0.39, 0.29) is 11.7 Å². The Balaban J connectivity index is 1.72. The minimum Gasteiger partial charge on any atom is -0.493 e. The summed E-state index contributed by atoms with van der Waals surface area (Å²) in [6, 6.07) is 9.47. The van der Waals surface area contributed by atoms with E-state index in [0.717, 1.165) is 29.5 Å². The molecule has 1 unspecified atom stereocenters. The molecule has 2 N–H and O–H groups in total. The van der Waals surface area contributed by atoms with Crippen LogP contribution in [0.15, 0.2) is 42.5 Å². The number of rotatable bonds is 2. The largest absolute Gasteiger partial charge is 0.493 e. The second-order valence-corrected chi connectivity index (χ2v) is 4.95. The Labute approximate surface area is 126 Å². The number of hydrogen-bond donors (Lipinski definition) is 2. The fraction of sp³-hybridized carbons (Fsp3) is 0.188. The van der Waals surface area contributed by atoms with Gasteiger partial charge in [0.25, 0.3) is 0 Å². The zero-order valence-corrected chi connectivity index (χ0v) is 11.6. The van der Waals surface area contributed by atoms with Crippen LogP contribution in [0.1, 0.15) is 18.0 Å². The van der Waals surface area contributed by atoms with Crippen molar-refractivity contribution >= 4 is 11.7 Å². The first kappa shape index (κ1) is 14.3. The van der Waals surface area contributed by atoms with Crippen molar-refractivity contribution in [2.24, 2.45) is 0 Å². The van der Waals surface area contributed by atoms with Crippen LogP contribution in [0.5, 0.6) is 5.75 Å². The molecular formula is C16H14F2N2O2. The highest BCUT2D eigenvalue weighted by Gasteiger charge is 2.22. The lowest BCUT2D eigenvalue weighted by molar-refractivity contribution is 0.232. The van der Waals surface area contributed by atoms with Crippen LogP contribution in [0.2, 0.25) is 0 Å². The number of carbonyl (C=O) groups is 1. The molecule has 0 bridgehead atoms. The normalized spacial score (nSPS) is 16.4. The van der Waals surface area contributed by atoms with Gasteiger partial charge in [0, 0.05) is 18.1 Å². The third-order valence-electron chi connectivity index (χ3n) is 3.44. The maximum absolute atomic E-state index is 13.5.